The second-order valence-corrected chi connectivity index (χ2v) is 5.92. The Hall–Kier alpha value is 0.270. The summed E-state index contributed by atoms with van der Waals surface area (Å²) >= 11 is 1.96. The molecule has 0 aromatic heterocycles. The first-order valence-electron chi connectivity index (χ1n) is 6.74. The van der Waals surface area contributed by atoms with Crippen LogP contribution in [-0.4, -0.2) is 49.6 Å². The third-order valence-electron chi connectivity index (χ3n) is 3.41. The fraction of sp³-hybridized carbons (Fsp3) is 1.00. The summed E-state index contributed by atoms with van der Waals surface area (Å²) in [7, 11) is 2.24. The Morgan fingerprint density at radius 3 is 2.88 bits per heavy atom. The molecule has 1 rings (SSSR count). The van der Waals surface area contributed by atoms with Crippen LogP contribution in [0.15, 0.2) is 0 Å². The normalized spacial score (nSPS) is 23.2. The van der Waals surface area contributed by atoms with E-state index in [0.717, 1.165) is 6.04 Å². The quantitative estimate of drug-likeness (QED) is 0.693. The van der Waals surface area contributed by atoms with Gasteiger partial charge in [0, 0.05) is 6.04 Å². The summed E-state index contributed by atoms with van der Waals surface area (Å²) in [6, 6.07) is 0.783. The topological polar surface area (TPSA) is 15.3 Å². The third kappa shape index (κ3) is 6.77. The molecule has 0 aromatic rings. The van der Waals surface area contributed by atoms with Crippen LogP contribution in [0.2, 0.25) is 0 Å². The van der Waals surface area contributed by atoms with E-state index in [1.165, 1.54) is 63.9 Å². The maximum Gasteiger partial charge on any atom is 0.00797 e. The number of likely N-dealkylation sites (tertiary alicyclic amines) is 1. The summed E-state index contributed by atoms with van der Waals surface area (Å²) in [5, 5.41) is 3.73. The van der Waals surface area contributed by atoms with Gasteiger partial charge in [0.05, 0.1) is 0 Å². The molecule has 1 saturated heterocycles. The molecule has 1 atom stereocenters. The Balaban J connectivity index is 1.95. The first kappa shape index (κ1) is 14.3. The van der Waals surface area contributed by atoms with Gasteiger partial charge in [0.25, 0.3) is 0 Å². The van der Waals surface area contributed by atoms with E-state index in [4.69, 9.17) is 0 Å². The van der Waals surface area contributed by atoms with E-state index in [1.54, 1.807) is 0 Å². The van der Waals surface area contributed by atoms with E-state index < -0.39 is 0 Å². The highest BCUT2D eigenvalue weighted by molar-refractivity contribution is 7.98. The van der Waals surface area contributed by atoms with Crippen LogP contribution in [-0.2, 0) is 0 Å². The Morgan fingerprint density at radius 1 is 1.19 bits per heavy atom. The van der Waals surface area contributed by atoms with Gasteiger partial charge in [-0.2, -0.15) is 11.8 Å². The van der Waals surface area contributed by atoms with E-state index in [1.807, 2.05) is 11.8 Å². The largest absolute Gasteiger partial charge is 0.314 e. The van der Waals surface area contributed by atoms with Crippen molar-refractivity contribution in [3.8, 4) is 0 Å². The molecule has 2 nitrogen and oxygen atoms in total. The average molecular weight is 244 g/mol. The Labute approximate surface area is 106 Å². The SMILES string of the molecule is CSCCCCCNC1CCCN(C)CC1. The van der Waals surface area contributed by atoms with Crippen molar-refractivity contribution in [2.45, 2.75) is 44.6 Å². The fourth-order valence-corrected chi connectivity index (χ4v) is 2.79. The van der Waals surface area contributed by atoms with E-state index >= 15 is 0 Å². The zero-order chi connectivity index (χ0) is 11.6. The molecule has 0 amide bonds. The number of hydrogen-bond acceptors (Lipinski definition) is 3. The molecule has 0 spiro atoms. The minimum atomic E-state index is 0.783. The lowest BCUT2D eigenvalue weighted by atomic mass is 10.1. The van der Waals surface area contributed by atoms with Gasteiger partial charge < -0.3 is 10.2 Å². The summed E-state index contributed by atoms with van der Waals surface area (Å²) in [6.45, 7) is 3.78. The molecule has 16 heavy (non-hydrogen) atoms. The van der Waals surface area contributed by atoms with Gasteiger partial charge in [-0.3, -0.25) is 0 Å². The molecule has 1 unspecified atom stereocenters. The van der Waals surface area contributed by atoms with Gasteiger partial charge in [-0.15, -0.1) is 0 Å². The van der Waals surface area contributed by atoms with Crippen LogP contribution in [0.5, 0.6) is 0 Å². The van der Waals surface area contributed by atoms with Crippen LogP contribution in [0, 0.1) is 0 Å². The summed E-state index contributed by atoms with van der Waals surface area (Å²) in [4.78, 5) is 2.46. The lowest BCUT2D eigenvalue weighted by Crippen LogP contribution is -2.31. The monoisotopic (exact) mass is 244 g/mol. The van der Waals surface area contributed by atoms with E-state index in [9.17, 15) is 0 Å². The average Bonchev–Trinajstić information content (AvgIpc) is 2.49. The summed E-state index contributed by atoms with van der Waals surface area (Å²) < 4.78 is 0. The maximum absolute atomic E-state index is 3.73. The number of nitrogens with one attached hydrogen (secondary N) is 1. The number of hydrogen-bond donors (Lipinski definition) is 1. The molecule has 1 N–H and O–H groups in total. The van der Waals surface area contributed by atoms with Crippen LogP contribution in [0.3, 0.4) is 0 Å². The highest BCUT2D eigenvalue weighted by Gasteiger charge is 2.13. The molecule has 3 heteroatoms. The van der Waals surface area contributed by atoms with E-state index in [0.29, 0.717) is 0 Å². The molecule has 1 aliphatic heterocycles. The van der Waals surface area contributed by atoms with Crippen molar-refractivity contribution in [2.75, 3.05) is 38.7 Å². The van der Waals surface area contributed by atoms with Crippen molar-refractivity contribution in [1.82, 2.24) is 10.2 Å². The summed E-state index contributed by atoms with van der Waals surface area (Å²) in [6.07, 6.45) is 10.4. The standard InChI is InChI=1S/C13H28N2S/c1-15-10-6-7-13(8-11-15)14-9-4-3-5-12-16-2/h13-14H,3-12H2,1-2H3. The lowest BCUT2D eigenvalue weighted by molar-refractivity contribution is 0.343. The van der Waals surface area contributed by atoms with Crippen molar-refractivity contribution in [3.63, 3.8) is 0 Å². The van der Waals surface area contributed by atoms with Crippen molar-refractivity contribution in [1.29, 1.82) is 0 Å². The predicted octanol–water partition coefficient (Wildman–Crippen LogP) is 2.59. The fourth-order valence-electron chi connectivity index (χ4n) is 2.30. The molecule has 96 valence electrons. The number of thioether (sulfide) groups is 1. The Kier molecular flexibility index (Phi) is 8.34. The lowest BCUT2D eigenvalue weighted by Gasteiger charge is -2.16. The molecular weight excluding hydrogens is 216 g/mol. The van der Waals surface area contributed by atoms with Crippen LogP contribution in [0.4, 0.5) is 0 Å². The summed E-state index contributed by atoms with van der Waals surface area (Å²) in [5.41, 5.74) is 0. The van der Waals surface area contributed by atoms with E-state index in [2.05, 4.69) is 23.5 Å². The van der Waals surface area contributed by atoms with Gasteiger partial charge in [0.15, 0.2) is 0 Å². The molecule has 1 fully saturated rings. The molecule has 1 aliphatic rings. The first-order valence-corrected chi connectivity index (χ1v) is 8.13. The van der Waals surface area contributed by atoms with Crippen molar-refractivity contribution < 1.29 is 0 Å². The minimum Gasteiger partial charge on any atom is -0.314 e. The van der Waals surface area contributed by atoms with Crippen molar-refractivity contribution >= 4 is 11.8 Å². The minimum absolute atomic E-state index is 0.783. The summed E-state index contributed by atoms with van der Waals surface area (Å²) in [5.74, 6) is 1.33. The Morgan fingerprint density at radius 2 is 2.06 bits per heavy atom. The second-order valence-electron chi connectivity index (χ2n) is 4.94. The molecule has 0 bridgehead atoms. The van der Waals surface area contributed by atoms with E-state index in [-0.39, 0.29) is 0 Å². The third-order valence-corrected chi connectivity index (χ3v) is 4.11. The molecular formula is C13H28N2S. The van der Waals surface area contributed by atoms with Crippen LogP contribution >= 0.6 is 11.8 Å². The highest BCUT2D eigenvalue weighted by Crippen LogP contribution is 2.09. The zero-order valence-electron chi connectivity index (χ0n) is 11.0. The van der Waals surface area contributed by atoms with Crippen LogP contribution < -0.4 is 5.32 Å². The number of unbranched alkanes of at least 4 members (excludes halogenated alkanes) is 2. The van der Waals surface area contributed by atoms with Gasteiger partial charge in [-0.25, -0.2) is 0 Å². The second kappa shape index (κ2) is 9.32. The molecule has 1 heterocycles. The van der Waals surface area contributed by atoms with Crippen molar-refractivity contribution in [2.24, 2.45) is 0 Å². The number of rotatable bonds is 7. The predicted molar refractivity (Wildman–Crippen MR) is 75.4 cm³/mol. The van der Waals surface area contributed by atoms with Crippen LogP contribution in [0.1, 0.15) is 38.5 Å². The molecule has 0 radical (unpaired) electrons. The molecule has 0 aliphatic carbocycles. The smallest absolute Gasteiger partial charge is 0.00797 e. The highest BCUT2D eigenvalue weighted by atomic mass is 32.2. The molecule has 0 aromatic carbocycles. The van der Waals surface area contributed by atoms with Gasteiger partial charge in [-0.05, 0) is 70.8 Å². The van der Waals surface area contributed by atoms with Gasteiger partial charge in [-0.1, -0.05) is 6.42 Å². The van der Waals surface area contributed by atoms with Gasteiger partial charge in [0.2, 0.25) is 0 Å². The van der Waals surface area contributed by atoms with Crippen molar-refractivity contribution in [3.05, 3.63) is 0 Å². The Bertz CT molecular complexity index is 164. The zero-order valence-corrected chi connectivity index (χ0v) is 11.8. The molecule has 0 saturated carbocycles. The van der Waals surface area contributed by atoms with Gasteiger partial charge >= 0.3 is 0 Å². The first-order chi connectivity index (χ1) is 7.83. The number of nitrogens with zero attached hydrogens (tertiary/aromatic N) is 1. The maximum atomic E-state index is 3.73. The van der Waals surface area contributed by atoms with Crippen LogP contribution in [0.25, 0.3) is 0 Å². The van der Waals surface area contributed by atoms with Gasteiger partial charge in [0.1, 0.15) is 0 Å².